The lowest BCUT2D eigenvalue weighted by Gasteiger charge is -2.08. The Morgan fingerprint density at radius 1 is 1.21 bits per heavy atom. The fourth-order valence-corrected chi connectivity index (χ4v) is 2.57. The first-order valence-electron chi connectivity index (χ1n) is 7.51. The van der Waals surface area contributed by atoms with Crippen LogP contribution in [0, 0.1) is 11.3 Å². The van der Waals surface area contributed by atoms with E-state index >= 15 is 0 Å². The summed E-state index contributed by atoms with van der Waals surface area (Å²) in [5.41, 5.74) is 1.74. The van der Waals surface area contributed by atoms with Crippen molar-refractivity contribution in [2.24, 2.45) is 0 Å². The number of carbonyl (C=O) groups excluding carboxylic acids is 1. The number of hydrogen-bond acceptors (Lipinski definition) is 4. The summed E-state index contributed by atoms with van der Waals surface area (Å²) in [6.45, 7) is 2.42. The van der Waals surface area contributed by atoms with E-state index in [0.29, 0.717) is 39.8 Å². The van der Waals surface area contributed by atoms with Gasteiger partial charge in [0.15, 0.2) is 5.43 Å². The molecule has 0 aliphatic heterocycles. The Kier molecular flexibility index (Phi) is 4.17. The first-order valence-corrected chi connectivity index (χ1v) is 7.51. The quantitative estimate of drug-likeness (QED) is 0.722. The Labute approximate surface area is 137 Å². The molecule has 1 heterocycles. The van der Waals surface area contributed by atoms with Crippen LogP contribution in [-0.4, -0.2) is 17.5 Å². The minimum absolute atomic E-state index is 0.102. The van der Waals surface area contributed by atoms with Crippen LogP contribution in [0.5, 0.6) is 5.75 Å². The number of anilines is 1. The molecule has 24 heavy (non-hydrogen) atoms. The maximum atomic E-state index is 12.7. The fourth-order valence-electron chi connectivity index (χ4n) is 2.57. The van der Waals surface area contributed by atoms with Crippen molar-refractivity contribution >= 4 is 33.4 Å². The molecule has 3 rings (SSSR count). The van der Waals surface area contributed by atoms with Gasteiger partial charge >= 0.3 is 0 Å². The summed E-state index contributed by atoms with van der Waals surface area (Å²) in [4.78, 5) is 27.4. The van der Waals surface area contributed by atoms with E-state index in [1.54, 1.807) is 42.5 Å². The van der Waals surface area contributed by atoms with Crippen LogP contribution in [0.2, 0.25) is 0 Å². The van der Waals surface area contributed by atoms with E-state index < -0.39 is 0 Å². The van der Waals surface area contributed by atoms with Crippen LogP contribution >= 0.6 is 0 Å². The third kappa shape index (κ3) is 2.92. The van der Waals surface area contributed by atoms with Crippen LogP contribution < -0.4 is 15.5 Å². The summed E-state index contributed by atoms with van der Waals surface area (Å²) >= 11 is 0. The van der Waals surface area contributed by atoms with Gasteiger partial charge in [-0.05, 0) is 43.3 Å². The largest absolute Gasteiger partial charge is 0.494 e. The lowest BCUT2D eigenvalue weighted by molar-refractivity contribution is -0.115. The molecule has 0 aliphatic carbocycles. The lowest BCUT2D eigenvalue weighted by Crippen LogP contribution is -2.11. The molecule has 6 heteroatoms. The number of ether oxygens (including phenoxy) is 1. The molecule has 0 saturated heterocycles. The van der Waals surface area contributed by atoms with Gasteiger partial charge in [0.1, 0.15) is 12.2 Å². The van der Waals surface area contributed by atoms with Crippen LogP contribution in [-0.2, 0) is 4.79 Å². The molecule has 2 aromatic carbocycles. The van der Waals surface area contributed by atoms with Crippen LogP contribution in [0.4, 0.5) is 5.69 Å². The normalized spacial score (nSPS) is 10.5. The smallest absolute Gasteiger partial charge is 0.238 e. The first kappa shape index (κ1) is 15.6. The highest BCUT2D eigenvalue weighted by molar-refractivity contribution is 5.97. The monoisotopic (exact) mass is 321 g/mol. The van der Waals surface area contributed by atoms with Crippen LogP contribution in [0.25, 0.3) is 21.8 Å². The molecule has 0 unspecified atom stereocenters. The van der Waals surface area contributed by atoms with E-state index in [9.17, 15) is 9.59 Å². The molecule has 1 aromatic heterocycles. The average molecular weight is 321 g/mol. The van der Waals surface area contributed by atoms with Crippen LogP contribution in [0.1, 0.15) is 13.3 Å². The Morgan fingerprint density at radius 3 is 2.79 bits per heavy atom. The van der Waals surface area contributed by atoms with Crippen molar-refractivity contribution < 1.29 is 9.53 Å². The number of H-pyrrole nitrogens is 1. The summed E-state index contributed by atoms with van der Waals surface area (Å²) in [5, 5.41) is 12.2. The topological polar surface area (TPSA) is 95.0 Å². The highest BCUT2D eigenvalue weighted by Crippen LogP contribution is 2.22. The van der Waals surface area contributed by atoms with Crippen molar-refractivity contribution in [2.75, 3.05) is 11.9 Å². The molecule has 120 valence electrons. The molecule has 6 nitrogen and oxygen atoms in total. The number of nitrogens with zero attached hydrogens (tertiary/aromatic N) is 1. The Morgan fingerprint density at radius 2 is 2.04 bits per heavy atom. The summed E-state index contributed by atoms with van der Waals surface area (Å²) in [6.07, 6.45) is -0.216. The molecule has 2 N–H and O–H groups in total. The second-order valence-electron chi connectivity index (χ2n) is 5.24. The van der Waals surface area contributed by atoms with Gasteiger partial charge in [0.25, 0.3) is 0 Å². The number of hydrogen-bond donors (Lipinski definition) is 2. The minimum Gasteiger partial charge on any atom is -0.494 e. The van der Waals surface area contributed by atoms with Gasteiger partial charge in [0, 0.05) is 16.5 Å². The molecule has 0 spiro atoms. The Bertz CT molecular complexity index is 1030. The van der Waals surface area contributed by atoms with Gasteiger partial charge in [0.2, 0.25) is 5.91 Å². The first-order chi connectivity index (χ1) is 11.6. The summed E-state index contributed by atoms with van der Waals surface area (Å²) < 4.78 is 5.44. The van der Waals surface area contributed by atoms with E-state index in [1.165, 1.54) is 0 Å². The van der Waals surface area contributed by atoms with Crippen molar-refractivity contribution in [3.8, 4) is 11.8 Å². The van der Waals surface area contributed by atoms with Crippen LogP contribution in [0.3, 0.4) is 0 Å². The van der Waals surface area contributed by atoms with E-state index in [-0.39, 0.29) is 17.8 Å². The van der Waals surface area contributed by atoms with E-state index in [0.717, 1.165) is 0 Å². The number of amides is 1. The standard InChI is InChI=1S/C18H15N3O3/c1-2-24-12-4-6-15-14(10-12)18(23)13-5-3-11(9-16(13)21-15)20-17(22)7-8-19/h3-6,9-10H,2,7H2,1H3,(H,20,22)(H,21,23). The maximum absolute atomic E-state index is 12.7. The SMILES string of the molecule is CCOc1ccc2[nH]c3cc(NC(=O)CC#N)ccc3c(=O)c2c1. The second-order valence-corrected chi connectivity index (χ2v) is 5.24. The average Bonchev–Trinajstić information content (AvgIpc) is 2.56. The molecule has 0 bridgehead atoms. The molecule has 0 fully saturated rings. The lowest BCUT2D eigenvalue weighted by atomic mass is 10.1. The summed E-state index contributed by atoms with van der Waals surface area (Å²) in [6, 6.07) is 12.1. The third-order valence-corrected chi connectivity index (χ3v) is 3.60. The minimum atomic E-state index is -0.388. The van der Waals surface area contributed by atoms with Gasteiger partial charge in [-0.2, -0.15) is 5.26 Å². The number of pyridine rings is 1. The molecule has 0 atom stereocenters. The summed E-state index contributed by atoms with van der Waals surface area (Å²) in [5.74, 6) is 0.261. The van der Waals surface area contributed by atoms with Crippen molar-refractivity contribution in [3.63, 3.8) is 0 Å². The molecule has 1 amide bonds. The number of rotatable bonds is 4. The zero-order valence-corrected chi connectivity index (χ0v) is 13.1. The Hall–Kier alpha value is -3.33. The van der Waals surface area contributed by atoms with Gasteiger partial charge in [-0.15, -0.1) is 0 Å². The Balaban J connectivity index is 2.10. The van der Waals surface area contributed by atoms with E-state index in [1.807, 2.05) is 6.92 Å². The van der Waals surface area contributed by atoms with Crippen molar-refractivity contribution in [1.29, 1.82) is 5.26 Å². The predicted molar refractivity (Wildman–Crippen MR) is 92.1 cm³/mol. The number of carbonyl (C=O) groups is 1. The zero-order chi connectivity index (χ0) is 17.1. The second kappa shape index (κ2) is 6.42. The number of aromatic amines is 1. The number of fused-ring (bicyclic) bond motifs is 2. The molecule has 0 aliphatic rings. The van der Waals surface area contributed by atoms with Gasteiger partial charge in [-0.1, -0.05) is 0 Å². The molecular weight excluding hydrogens is 306 g/mol. The zero-order valence-electron chi connectivity index (χ0n) is 13.1. The van der Waals surface area contributed by atoms with E-state index in [2.05, 4.69) is 10.3 Å². The van der Waals surface area contributed by atoms with Gasteiger partial charge in [-0.25, -0.2) is 0 Å². The molecule has 0 radical (unpaired) electrons. The number of nitriles is 1. The molecule has 0 saturated carbocycles. The van der Waals surface area contributed by atoms with Gasteiger partial charge in [0.05, 0.1) is 23.7 Å². The maximum Gasteiger partial charge on any atom is 0.238 e. The predicted octanol–water partition coefficient (Wildman–Crippen LogP) is 2.93. The third-order valence-electron chi connectivity index (χ3n) is 3.60. The molecular formula is C18H15N3O3. The van der Waals surface area contributed by atoms with Gasteiger partial charge in [-0.3, -0.25) is 9.59 Å². The van der Waals surface area contributed by atoms with Crippen molar-refractivity contribution in [3.05, 3.63) is 46.6 Å². The van der Waals surface area contributed by atoms with Crippen molar-refractivity contribution in [1.82, 2.24) is 4.98 Å². The number of benzene rings is 2. The van der Waals surface area contributed by atoms with Crippen molar-refractivity contribution in [2.45, 2.75) is 13.3 Å². The highest BCUT2D eigenvalue weighted by Gasteiger charge is 2.08. The molecule has 3 aromatic rings. The van der Waals surface area contributed by atoms with Crippen LogP contribution in [0.15, 0.2) is 41.2 Å². The fraction of sp³-hybridized carbons (Fsp3) is 0.167. The number of nitrogens with one attached hydrogen (secondary N) is 2. The van der Waals surface area contributed by atoms with Gasteiger partial charge < -0.3 is 15.0 Å². The summed E-state index contributed by atoms with van der Waals surface area (Å²) in [7, 11) is 0. The highest BCUT2D eigenvalue weighted by atomic mass is 16.5. The number of aromatic nitrogens is 1. The van der Waals surface area contributed by atoms with E-state index in [4.69, 9.17) is 10.00 Å².